The van der Waals surface area contributed by atoms with Gasteiger partial charge in [-0.2, -0.15) is 0 Å². The fourth-order valence-corrected chi connectivity index (χ4v) is 4.07. The van der Waals surface area contributed by atoms with Crippen LogP contribution in [0.4, 0.5) is 0 Å². The van der Waals surface area contributed by atoms with Gasteiger partial charge in [0.1, 0.15) is 85.5 Å². The lowest BCUT2D eigenvalue weighted by atomic mass is 9.84. The van der Waals surface area contributed by atoms with Crippen molar-refractivity contribution in [1.82, 2.24) is 0 Å². The largest absolute Gasteiger partial charge is 0.394 e. The van der Waals surface area contributed by atoms with Gasteiger partial charge in [0.05, 0.1) is 13.2 Å². The number of hydrogen-bond donors (Lipinski definition) is 12. The lowest BCUT2D eigenvalue weighted by Crippen LogP contribution is -2.67. The van der Waals surface area contributed by atoms with Crippen molar-refractivity contribution in [2.75, 3.05) is 13.2 Å². The maximum absolute atomic E-state index is 10.2. The Labute approximate surface area is 192 Å². The van der Waals surface area contributed by atoms with Gasteiger partial charge in [-0.25, -0.2) is 0 Å². The molecule has 3 rings (SSSR count). The third-order valence-corrected chi connectivity index (χ3v) is 6.31. The molecule has 0 aromatic carbocycles. The first-order valence-electron chi connectivity index (χ1n) is 10.6. The molecule has 7 unspecified atom stereocenters. The Bertz CT molecular complexity index is 637. The highest BCUT2D eigenvalue weighted by Crippen LogP contribution is 2.30. The quantitative estimate of drug-likeness (QED) is 0.160. The molecule has 0 aromatic heterocycles. The molecule has 2 aliphatic heterocycles. The third kappa shape index (κ3) is 5.23. The van der Waals surface area contributed by atoms with E-state index in [9.17, 15) is 61.3 Å². The Morgan fingerprint density at radius 3 is 1.41 bits per heavy atom. The first-order chi connectivity index (χ1) is 15.9. The van der Waals surface area contributed by atoms with Crippen LogP contribution >= 0.6 is 0 Å². The molecular weight excluding hydrogens is 472 g/mol. The normalized spacial score (nSPS) is 54.7. The molecule has 3 fully saturated rings. The van der Waals surface area contributed by atoms with Crippen molar-refractivity contribution in [3.8, 4) is 0 Å². The highest BCUT2D eigenvalue weighted by molar-refractivity contribution is 5.00. The summed E-state index contributed by atoms with van der Waals surface area (Å²) in [5.41, 5.74) is 0. The lowest BCUT2D eigenvalue weighted by Gasteiger charge is -2.46. The van der Waals surface area contributed by atoms with E-state index < -0.39 is 111 Å². The Morgan fingerprint density at radius 1 is 0.471 bits per heavy atom. The molecule has 3 aliphatic rings. The predicted octanol–water partition coefficient (Wildman–Crippen LogP) is -8.19. The summed E-state index contributed by atoms with van der Waals surface area (Å²) in [7, 11) is 0. The van der Waals surface area contributed by atoms with Crippen molar-refractivity contribution in [3.05, 3.63) is 0 Å². The van der Waals surface area contributed by atoms with Gasteiger partial charge < -0.3 is 80.2 Å². The van der Waals surface area contributed by atoms with Crippen LogP contribution in [0.3, 0.4) is 0 Å². The van der Waals surface area contributed by atoms with E-state index in [1.807, 2.05) is 0 Å². The first kappa shape index (κ1) is 27.9. The number of aliphatic hydroxyl groups excluding tert-OH is 12. The van der Waals surface area contributed by atoms with Crippen molar-refractivity contribution in [2.24, 2.45) is 0 Å². The molecule has 34 heavy (non-hydrogen) atoms. The maximum Gasteiger partial charge on any atom is 0.187 e. The van der Waals surface area contributed by atoms with Gasteiger partial charge in [-0.1, -0.05) is 0 Å². The average molecular weight is 504 g/mol. The third-order valence-electron chi connectivity index (χ3n) is 6.31. The zero-order valence-electron chi connectivity index (χ0n) is 17.7. The summed E-state index contributed by atoms with van der Waals surface area (Å²) >= 11 is 0. The molecule has 16 atom stereocenters. The Hall–Kier alpha value is -0.640. The van der Waals surface area contributed by atoms with E-state index in [0.29, 0.717) is 0 Å². The monoisotopic (exact) mass is 504 g/mol. The molecule has 1 saturated carbocycles. The molecule has 0 aromatic rings. The lowest BCUT2D eigenvalue weighted by molar-refractivity contribution is -0.351. The minimum atomic E-state index is -1.93. The molecule has 1 aliphatic carbocycles. The summed E-state index contributed by atoms with van der Waals surface area (Å²) in [6, 6.07) is 0. The van der Waals surface area contributed by atoms with E-state index >= 15 is 0 Å². The summed E-state index contributed by atoms with van der Waals surface area (Å²) in [5.74, 6) is 0. The van der Waals surface area contributed by atoms with Gasteiger partial charge in [-0.15, -0.1) is 0 Å². The van der Waals surface area contributed by atoms with Crippen LogP contribution in [0, 0.1) is 0 Å². The molecule has 0 amide bonds. The molecule has 2 saturated heterocycles. The number of ether oxygens (including phenoxy) is 4. The highest BCUT2D eigenvalue weighted by Gasteiger charge is 2.53. The first-order valence-corrected chi connectivity index (χ1v) is 10.6. The van der Waals surface area contributed by atoms with Crippen molar-refractivity contribution in [3.63, 3.8) is 0 Å². The van der Waals surface area contributed by atoms with Crippen LogP contribution in [0.2, 0.25) is 0 Å². The van der Waals surface area contributed by atoms with Gasteiger partial charge >= 0.3 is 0 Å². The van der Waals surface area contributed by atoms with E-state index in [1.54, 1.807) is 0 Å². The fourth-order valence-electron chi connectivity index (χ4n) is 4.07. The van der Waals surface area contributed by atoms with Gasteiger partial charge in [0.15, 0.2) is 12.6 Å². The molecule has 12 N–H and O–H groups in total. The van der Waals surface area contributed by atoms with Crippen molar-refractivity contribution >= 4 is 0 Å². The minimum absolute atomic E-state index is 0.646. The summed E-state index contributed by atoms with van der Waals surface area (Å²) in [6.07, 6.45) is -28.3. The number of hydrogen-bond acceptors (Lipinski definition) is 16. The van der Waals surface area contributed by atoms with Crippen LogP contribution in [0.1, 0.15) is 0 Å². The second-order valence-electron chi connectivity index (χ2n) is 8.60. The second kappa shape index (κ2) is 11.2. The Kier molecular flexibility index (Phi) is 9.18. The summed E-state index contributed by atoms with van der Waals surface area (Å²) < 4.78 is 21.0. The van der Waals surface area contributed by atoms with Crippen LogP contribution < -0.4 is 0 Å². The van der Waals surface area contributed by atoms with Crippen molar-refractivity contribution in [1.29, 1.82) is 0 Å². The number of rotatable bonds is 6. The van der Waals surface area contributed by atoms with Crippen LogP contribution in [0.5, 0.6) is 0 Å². The van der Waals surface area contributed by atoms with Crippen LogP contribution in [-0.2, 0) is 18.9 Å². The molecule has 0 spiro atoms. The van der Waals surface area contributed by atoms with Crippen molar-refractivity contribution in [2.45, 2.75) is 98.0 Å². The molecular formula is C18H32O16. The predicted molar refractivity (Wildman–Crippen MR) is 101 cm³/mol. The second-order valence-corrected chi connectivity index (χ2v) is 8.60. The van der Waals surface area contributed by atoms with Crippen LogP contribution in [0.25, 0.3) is 0 Å². The number of aliphatic hydroxyl groups is 12. The standard InChI is InChI=1S/C18H32O16/c19-1-3-5(20)7(22)14(29)17(32-3)31-2-4-6(21)8(23)15(30)18(33-4)34-16-12(27)10(25)9(24)11(26)13(16)28/h3-30H,1-2H2/t3?,4?,5-,6-,7-,8-,9?,10-,11+,12?,13+,14?,15?,16?,17+,18-/m0/s1. The average Bonchev–Trinajstić information content (AvgIpc) is 2.82. The van der Waals surface area contributed by atoms with Gasteiger partial charge in [-0.3, -0.25) is 0 Å². The van der Waals surface area contributed by atoms with E-state index in [0.717, 1.165) is 0 Å². The van der Waals surface area contributed by atoms with Gasteiger partial charge in [0.2, 0.25) is 0 Å². The van der Waals surface area contributed by atoms with E-state index in [2.05, 4.69) is 0 Å². The summed E-state index contributed by atoms with van der Waals surface area (Å²) in [6.45, 7) is -1.36. The van der Waals surface area contributed by atoms with Crippen molar-refractivity contribution < 1.29 is 80.2 Å². The topological polar surface area (TPSA) is 280 Å². The summed E-state index contributed by atoms with van der Waals surface area (Å²) in [5, 5.41) is 119. The van der Waals surface area contributed by atoms with Gasteiger partial charge in [-0.05, 0) is 0 Å². The Balaban J connectivity index is 1.67. The van der Waals surface area contributed by atoms with E-state index in [1.165, 1.54) is 0 Å². The zero-order valence-corrected chi connectivity index (χ0v) is 17.7. The molecule has 0 bridgehead atoms. The van der Waals surface area contributed by atoms with Crippen LogP contribution in [0.15, 0.2) is 0 Å². The maximum atomic E-state index is 10.2. The fraction of sp³-hybridized carbons (Fsp3) is 1.00. The molecule has 0 radical (unpaired) electrons. The molecule has 200 valence electrons. The SMILES string of the molecule is OCC1O[C@@H](OCC2O[C@@H](OC3C(O)[C@@H](O)C(O)[C@@H](O)[C@H]3O)C(O)[C@@H](O)[C@H]2O)C(O)[C@@H](O)[C@H]1O. The molecule has 2 heterocycles. The zero-order chi connectivity index (χ0) is 25.5. The highest BCUT2D eigenvalue weighted by atomic mass is 16.7. The van der Waals surface area contributed by atoms with Gasteiger partial charge in [0.25, 0.3) is 0 Å². The Morgan fingerprint density at radius 2 is 0.882 bits per heavy atom. The van der Waals surface area contributed by atoms with Gasteiger partial charge in [0, 0.05) is 0 Å². The van der Waals surface area contributed by atoms with Crippen LogP contribution in [-0.4, -0.2) is 173 Å². The summed E-state index contributed by atoms with van der Waals surface area (Å²) in [4.78, 5) is 0. The molecule has 16 nitrogen and oxygen atoms in total. The smallest absolute Gasteiger partial charge is 0.187 e. The van der Waals surface area contributed by atoms with E-state index in [4.69, 9.17) is 18.9 Å². The van der Waals surface area contributed by atoms with E-state index in [-0.39, 0.29) is 0 Å². The minimum Gasteiger partial charge on any atom is -0.394 e. The molecule has 16 heteroatoms.